The summed E-state index contributed by atoms with van der Waals surface area (Å²) in [6.45, 7) is 6.38. The molecule has 1 unspecified atom stereocenters. The van der Waals surface area contributed by atoms with Crippen LogP contribution < -0.4 is 0 Å². The van der Waals surface area contributed by atoms with Crippen LogP contribution in [0.25, 0.3) is 0 Å². The van der Waals surface area contributed by atoms with E-state index in [2.05, 4.69) is 154 Å². The maximum absolute atomic E-state index is 12.8. The normalized spacial score (nSPS) is 13.1. The van der Waals surface area contributed by atoms with E-state index in [1.54, 1.807) is 0 Å². The van der Waals surface area contributed by atoms with Gasteiger partial charge in [0.2, 0.25) is 0 Å². The molecule has 0 aromatic rings. The highest BCUT2D eigenvalue weighted by atomic mass is 16.6. The number of ether oxygens (including phenoxy) is 3. The number of hydrogen-bond donors (Lipinski definition) is 0. The van der Waals surface area contributed by atoms with Crippen molar-refractivity contribution in [1.29, 1.82) is 0 Å². The van der Waals surface area contributed by atoms with Crippen molar-refractivity contribution in [1.82, 2.24) is 0 Å². The third-order valence-corrected chi connectivity index (χ3v) is 11.9. The zero-order chi connectivity index (χ0) is 52.2. The zero-order valence-electron chi connectivity index (χ0n) is 46.4. The average molecular weight is 996 g/mol. The van der Waals surface area contributed by atoms with Crippen molar-refractivity contribution >= 4 is 17.9 Å². The number of esters is 3. The monoisotopic (exact) mass is 995 g/mol. The van der Waals surface area contributed by atoms with Gasteiger partial charge in [-0.3, -0.25) is 14.4 Å². The average Bonchev–Trinajstić information content (AvgIpc) is 3.38. The van der Waals surface area contributed by atoms with Gasteiger partial charge in [0.1, 0.15) is 13.2 Å². The Bertz CT molecular complexity index is 1560. The fourth-order valence-electron chi connectivity index (χ4n) is 7.52. The fraction of sp³-hybridized carbons (Fsp3) is 0.621. The minimum Gasteiger partial charge on any atom is -0.462 e. The molecular formula is C66H106O6. The standard InChI is InChI=1S/C66H106O6/c1-4-7-10-13-15-17-19-21-23-25-26-27-28-29-30-31-32-33-34-35-36-37-38-39-40-41-43-44-46-48-50-53-56-59-65(68)71-62-63(61-70-64(67)58-55-52-12-9-6-3)72-66(69)60-57-54-51-49-47-45-42-24-22-20-18-16-14-11-8-5-2/h7,10,15,17-18,20-21,23-24,26-27,29-30,32-33,35-36,38-39,41-43,63H,4-6,8-9,11-14,16,19,22,25,28,31,34,37,40,44-62H2,1-3H3/b10-7-,17-15-,20-18-,23-21-,27-26-,30-29-,33-32-,36-35-,39-38-,42-24-,43-41-. The van der Waals surface area contributed by atoms with Crippen molar-refractivity contribution in [3.8, 4) is 0 Å². The predicted molar refractivity (Wildman–Crippen MR) is 311 cm³/mol. The Hall–Kier alpha value is -4.45. The Kier molecular flexibility index (Phi) is 55.5. The van der Waals surface area contributed by atoms with E-state index in [1.807, 2.05) is 0 Å². The number of hydrogen-bond acceptors (Lipinski definition) is 6. The molecule has 0 bridgehead atoms. The Morgan fingerprint density at radius 3 is 0.861 bits per heavy atom. The molecule has 0 fully saturated rings. The Morgan fingerprint density at radius 1 is 0.292 bits per heavy atom. The second-order valence-electron chi connectivity index (χ2n) is 18.8. The molecule has 6 heteroatoms. The van der Waals surface area contributed by atoms with Crippen LogP contribution >= 0.6 is 0 Å². The van der Waals surface area contributed by atoms with Crippen molar-refractivity contribution in [3.05, 3.63) is 134 Å². The van der Waals surface area contributed by atoms with Crippen LogP contribution in [0.15, 0.2) is 134 Å². The predicted octanol–water partition coefficient (Wildman–Crippen LogP) is 19.8. The SMILES string of the molecule is CC/C=C\C/C=C\C/C=C\C/C=C\C/C=C\C/C=C\C/C=C\C/C=C\C/C=C\CCCCCCCC(=O)OCC(COC(=O)CCCCCCC)OC(=O)CCCCCCC/C=C\C/C=C\CCCCCC. The van der Waals surface area contributed by atoms with Crippen LogP contribution in [0.4, 0.5) is 0 Å². The van der Waals surface area contributed by atoms with E-state index in [4.69, 9.17) is 14.2 Å². The smallest absolute Gasteiger partial charge is 0.306 e. The highest BCUT2D eigenvalue weighted by Crippen LogP contribution is 2.13. The highest BCUT2D eigenvalue weighted by molar-refractivity contribution is 5.71. The summed E-state index contributed by atoms with van der Waals surface area (Å²) in [6, 6.07) is 0. The molecule has 0 aliphatic rings. The number of carbonyl (C=O) groups is 3. The largest absolute Gasteiger partial charge is 0.462 e. The molecule has 0 saturated heterocycles. The summed E-state index contributed by atoms with van der Waals surface area (Å²) in [5, 5.41) is 0. The van der Waals surface area contributed by atoms with Gasteiger partial charge in [0.05, 0.1) is 0 Å². The number of allylic oxidation sites excluding steroid dienone is 22. The maximum Gasteiger partial charge on any atom is 0.306 e. The summed E-state index contributed by atoms with van der Waals surface area (Å²) in [5.41, 5.74) is 0. The highest BCUT2D eigenvalue weighted by Gasteiger charge is 2.19. The first-order valence-corrected chi connectivity index (χ1v) is 29.2. The molecule has 0 aromatic heterocycles. The molecule has 0 aliphatic carbocycles. The molecule has 6 nitrogen and oxygen atoms in total. The van der Waals surface area contributed by atoms with Gasteiger partial charge in [0.25, 0.3) is 0 Å². The minimum atomic E-state index is -0.793. The van der Waals surface area contributed by atoms with E-state index in [9.17, 15) is 14.4 Å². The summed E-state index contributed by atoms with van der Waals surface area (Å²) in [5.74, 6) is -0.947. The third-order valence-electron chi connectivity index (χ3n) is 11.9. The molecule has 0 aromatic carbocycles. The van der Waals surface area contributed by atoms with Crippen LogP contribution in [0.5, 0.6) is 0 Å². The van der Waals surface area contributed by atoms with Crippen LogP contribution in [0, 0.1) is 0 Å². The minimum absolute atomic E-state index is 0.0938. The number of carbonyl (C=O) groups excluding carboxylic acids is 3. The molecule has 0 heterocycles. The van der Waals surface area contributed by atoms with E-state index < -0.39 is 6.10 Å². The van der Waals surface area contributed by atoms with Gasteiger partial charge >= 0.3 is 17.9 Å². The van der Waals surface area contributed by atoms with E-state index in [0.717, 1.165) is 173 Å². The van der Waals surface area contributed by atoms with Crippen LogP contribution in [0.3, 0.4) is 0 Å². The molecular weight excluding hydrogens is 889 g/mol. The Morgan fingerprint density at radius 2 is 0.542 bits per heavy atom. The van der Waals surface area contributed by atoms with Crippen molar-refractivity contribution in [2.45, 2.75) is 252 Å². The molecule has 406 valence electrons. The van der Waals surface area contributed by atoms with Gasteiger partial charge in [0.15, 0.2) is 6.10 Å². The van der Waals surface area contributed by atoms with Crippen molar-refractivity contribution < 1.29 is 28.6 Å². The van der Waals surface area contributed by atoms with Crippen LogP contribution in [-0.2, 0) is 28.6 Å². The molecule has 1 atom stereocenters. The van der Waals surface area contributed by atoms with Crippen molar-refractivity contribution in [3.63, 3.8) is 0 Å². The molecule has 0 N–H and O–H groups in total. The summed E-state index contributed by atoms with van der Waals surface area (Å²) < 4.78 is 16.7. The van der Waals surface area contributed by atoms with E-state index in [1.165, 1.54) is 32.1 Å². The first kappa shape index (κ1) is 67.5. The van der Waals surface area contributed by atoms with Crippen molar-refractivity contribution in [2.75, 3.05) is 13.2 Å². The van der Waals surface area contributed by atoms with E-state index in [0.29, 0.717) is 19.3 Å². The quantitative estimate of drug-likeness (QED) is 0.0261. The number of unbranched alkanes of at least 4 members (excludes halogenated alkanes) is 18. The second kappa shape index (κ2) is 59.1. The lowest BCUT2D eigenvalue weighted by Crippen LogP contribution is -2.30. The van der Waals surface area contributed by atoms with Crippen LogP contribution in [0.1, 0.15) is 245 Å². The topological polar surface area (TPSA) is 78.9 Å². The number of rotatable bonds is 51. The lowest BCUT2D eigenvalue weighted by molar-refractivity contribution is -0.167. The molecule has 0 aliphatic heterocycles. The summed E-state index contributed by atoms with van der Waals surface area (Å²) in [4.78, 5) is 37.8. The molecule has 0 radical (unpaired) electrons. The molecule has 0 spiro atoms. The summed E-state index contributed by atoms with van der Waals surface area (Å²) in [6.07, 6.45) is 83.5. The Labute approximate surface area is 443 Å². The molecule has 0 saturated carbocycles. The fourth-order valence-corrected chi connectivity index (χ4v) is 7.52. The van der Waals surface area contributed by atoms with Gasteiger partial charge in [-0.05, 0) is 122 Å². The van der Waals surface area contributed by atoms with Gasteiger partial charge in [-0.25, -0.2) is 0 Å². The van der Waals surface area contributed by atoms with E-state index >= 15 is 0 Å². The van der Waals surface area contributed by atoms with Gasteiger partial charge < -0.3 is 14.2 Å². The molecule has 72 heavy (non-hydrogen) atoms. The maximum atomic E-state index is 12.8. The summed E-state index contributed by atoms with van der Waals surface area (Å²) in [7, 11) is 0. The first-order valence-electron chi connectivity index (χ1n) is 29.2. The van der Waals surface area contributed by atoms with Gasteiger partial charge in [-0.2, -0.15) is 0 Å². The van der Waals surface area contributed by atoms with E-state index in [-0.39, 0.29) is 31.1 Å². The van der Waals surface area contributed by atoms with Gasteiger partial charge in [0, 0.05) is 19.3 Å². The van der Waals surface area contributed by atoms with Crippen LogP contribution in [-0.4, -0.2) is 37.2 Å². The lowest BCUT2D eigenvalue weighted by atomic mass is 10.1. The Balaban J connectivity index is 4.15. The van der Waals surface area contributed by atoms with Crippen molar-refractivity contribution in [2.24, 2.45) is 0 Å². The lowest BCUT2D eigenvalue weighted by Gasteiger charge is -2.18. The molecule has 0 rings (SSSR count). The van der Waals surface area contributed by atoms with Gasteiger partial charge in [-0.15, -0.1) is 0 Å². The summed E-state index contributed by atoms with van der Waals surface area (Å²) >= 11 is 0. The van der Waals surface area contributed by atoms with Gasteiger partial charge in [-0.1, -0.05) is 238 Å². The first-order chi connectivity index (χ1) is 35.5. The third kappa shape index (κ3) is 56.5. The molecule has 0 amide bonds. The second-order valence-corrected chi connectivity index (χ2v) is 18.8. The van der Waals surface area contributed by atoms with Crippen LogP contribution in [0.2, 0.25) is 0 Å². The zero-order valence-corrected chi connectivity index (χ0v) is 46.4.